The Morgan fingerprint density at radius 3 is 1.37 bits per heavy atom. The zero-order valence-electron chi connectivity index (χ0n) is 22.5. The van der Waals surface area contributed by atoms with Gasteiger partial charge in [-0.1, -0.05) is 30.3 Å². The highest BCUT2D eigenvalue weighted by Gasteiger charge is 2.26. The van der Waals surface area contributed by atoms with Crippen LogP contribution in [0.5, 0.6) is 0 Å². The summed E-state index contributed by atoms with van der Waals surface area (Å²) in [5.41, 5.74) is 0.784. The SMILES string of the molecule is CCNC(=O)[C@H](C)NC(=O)[C@H](C)NC(=O)[C@H](C)NC(=O)[C@H](C)NC(=O)[C@H](C)NC(=O)OCc1ccccc1. The molecule has 1 aromatic carbocycles. The summed E-state index contributed by atoms with van der Waals surface area (Å²) in [5.74, 6) is -2.85. The molecule has 13 nitrogen and oxygen atoms in total. The Kier molecular flexibility index (Phi) is 13.3. The van der Waals surface area contributed by atoms with E-state index >= 15 is 0 Å². The van der Waals surface area contributed by atoms with Gasteiger partial charge in [0, 0.05) is 6.54 Å². The summed E-state index contributed by atoms with van der Waals surface area (Å²) < 4.78 is 5.07. The molecule has 0 aromatic heterocycles. The highest BCUT2D eigenvalue weighted by atomic mass is 16.5. The molecule has 0 aliphatic carbocycles. The van der Waals surface area contributed by atoms with Crippen LogP contribution in [0.3, 0.4) is 0 Å². The average molecular weight is 535 g/mol. The van der Waals surface area contributed by atoms with E-state index in [1.807, 2.05) is 6.07 Å². The zero-order valence-corrected chi connectivity index (χ0v) is 22.5. The van der Waals surface area contributed by atoms with Crippen molar-refractivity contribution in [2.75, 3.05) is 6.54 Å². The lowest BCUT2D eigenvalue weighted by Crippen LogP contribution is -2.57. The molecule has 6 N–H and O–H groups in total. The van der Waals surface area contributed by atoms with Gasteiger partial charge >= 0.3 is 6.09 Å². The minimum atomic E-state index is -1.03. The maximum atomic E-state index is 12.5. The molecule has 0 saturated heterocycles. The minimum absolute atomic E-state index is 0.0350. The van der Waals surface area contributed by atoms with Crippen LogP contribution in [0.25, 0.3) is 0 Å². The van der Waals surface area contributed by atoms with Crippen LogP contribution in [-0.4, -0.2) is 72.4 Å². The molecule has 0 aliphatic heterocycles. The summed E-state index contributed by atoms with van der Waals surface area (Å²) in [6.45, 7) is 9.41. The van der Waals surface area contributed by atoms with E-state index in [0.29, 0.717) is 6.54 Å². The molecule has 1 rings (SSSR count). The lowest BCUT2D eigenvalue weighted by molar-refractivity contribution is -0.134. The van der Waals surface area contributed by atoms with E-state index in [2.05, 4.69) is 31.9 Å². The number of hydrogen-bond donors (Lipinski definition) is 6. The van der Waals surface area contributed by atoms with Crippen molar-refractivity contribution in [1.29, 1.82) is 0 Å². The van der Waals surface area contributed by atoms with Crippen LogP contribution in [0, 0.1) is 0 Å². The fourth-order valence-corrected chi connectivity index (χ4v) is 2.95. The molecule has 210 valence electrons. The largest absolute Gasteiger partial charge is 0.445 e. The van der Waals surface area contributed by atoms with Gasteiger partial charge in [0.15, 0.2) is 0 Å². The molecule has 0 bridgehead atoms. The Bertz CT molecular complexity index is 988. The Hall–Kier alpha value is -4.16. The molecule has 13 heteroatoms. The van der Waals surface area contributed by atoms with Crippen molar-refractivity contribution in [2.24, 2.45) is 0 Å². The molecule has 38 heavy (non-hydrogen) atoms. The highest BCUT2D eigenvalue weighted by molar-refractivity contribution is 5.95. The summed E-state index contributed by atoms with van der Waals surface area (Å²) >= 11 is 0. The fourth-order valence-electron chi connectivity index (χ4n) is 2.95. The smallest absolute Gasteiger partial charge is 0.408 e. The topological polar surface area (TPSA) is 184 Å². The van der Waals surface area contributed by atoms with Gasteiger partial charge in [-0.15, -0.1) is 0 Å². The Balaban J connectivity index is 2.45. The molecule has 5 atom stereocenters. The van der Waals surface area contributed by atoms with E-state index in [1.54, 1.807) is 31.2 Å². The molecule has 0 heterocycles. The van der Waals surface area contributed by atoms with E-state index in [-0.39, 0.29) is 12.5 Å². The van der Waals surface area contributed by atoms with Crippen molar-refractivity contribution < 1.29 is 33.5 Å². The zero-order chi connectivity index (χ0) is 28.8. The quantitative estimate of drug-likeness (QED) is 0.196. The first-order valence-corrected chi connectivity index (χ1v) is 12.3. The minimum Gasteiger partial charge on any atom is -0.445 e. The van der Waals surface area contributed by atoms with Crippen molar-refractivity contribution in [3.05, 3.63) is 35.9 Å². The van der Waals surface area contributed by atoms with Crippen LogP contribution >= 0.6 is 0 Å². The number of rotatable bonds is 13. The second-order valence-electron chi connectivity index (χ2n) is 8.74. The average Bonchev–Trinajstić information content (AvgIpc) is 2.87. The van der Waals surface area contributed by atoms with Gasteiger partial charge in [0.2, 0.25) is 29.5 Å². The second kappa shape index (κ2) is 15.8. The predicted molar refractivity (Wildman–Crippen MR) is 138 cm³/mol. The van der Waals surface area contributed by atoms with Crippen LogP contribution < -0.4 is 31.9 Å². The summed E-state index contributed by atoms with van der Waals surface area (Å²) in [5, 5.41) is 14.8. The van der Waals surface area contributed by atoms with Gasteiger partial charge < -0.3 is 36.6 Å². The van der Waals surface area contributed by atoms with Crippen molar-refractivity contribution >= 4 is 35.6 Å². The molecular weight excluding hydrogens is 496 g/mol. The van der Waals surface area contributed by atoms with Crippen LogP contribution in [0.1, 0.15) is 47.1 Å². The first-order chi connectivity index (χ1) is 17.8. The summed E-state index contributed by atoms with van der Waals surface area (Å²) in [6, 6.07) is 4.22. The number of carbonyl (C=O) groups excluding carboxylic acids is 6. The molecule has 0 radical (unpaired) electrons. The number of carbonyl (C=O) groups is 6. The van der Waals surface area contributed by atoms with Gasteiger partial charge in [0.25, 0.3) is 0 Å². The van der Waals surface area contributed by atoms with Crippen LogP contribution in [0.2, 0.25) is 0 Å². The number of alkyl carbamates (subject to hydrolysis) is 1. The number of benzene rings is 1. The molecule has 0 aliphatic rings. The van der Waals surface area contributed by atoms with Crippen LogP contribution in [0.4, 0.5) is 4.79 Å². The Morgan fingerprint density at radius 1 is 0.605 bits per heavy atom. The van der Waals surface area contributed by atoms with E-state index in [0.717, 1.165) is 5.56 Å². The molecule has 0 spiro atoms. The van der Waals surface area contributed by atoms with Gasteiger partial charge in [-0.3, -0.25) is 24.0 Å². The third-order valence-corrected chi connectivity index (χ3v) is 5.30. The number of likely N-dealkylation sites (N-methyl/N-ethyl adjacent to an activating group) is 1. The van der Waals surface area contributed by atoms with Gasteiger partial charge in [0.05, 0.1) is 0 Å². The maximum Gasteiger partial charge on any atom is 0.408 e. The van der Waals surface area contributed by atoms with Gasteiger partial charge in [-0.25, -0.2) is 4.79 Å². The van der Waals surface area contributed by atoms with Crippen LogP contribution in [-0.2, 0) is 35.3 Å². The van der Waals surface area contributed by atoms with E-state index in [4.69, 9.17) is 4.74 Å². The molecule has 0 fully saturated rings. The summed E-state index contributed by atoms with van der Waals surface area (Å²) in [7, 11) is 0. The van der Waals surface area contributed by atoms with Crippen molar-refractivity contribution in [1.82, 2.24) is 31.9 Å². The van der Waals surface area contributed by atoms with Crippen LogP contribution in [0.15, 0.2) is 30.3 Å². The number of hydrogen-bond acceptors (Lipinski definition) is 7. The fraction of sp³-hybridized carbons (Fsp3) is 0.520. The predicted octanol–water partition coefficient (Wildman–Crippen LogP) is -0.544. The molecule has 0 unspecified atom stereocenters. The number of nitrogens with one attached hydrogen (secondary N) is 6. The van der Waals surface area contributed by atoms with E-state index in [1.165, 1.54) is 34.6 Å². The van der Waals surface area contributed by atoms with Gasteiger partial charge in [0.1, 0.15) is 36.8 Å². The molecule has 6 amide bonds. The Morgan fingerprint density at radius 2 is 0.974 bits per heavy atom. The van der Waals surface area contributed by atoms with Crippen molar-refractivity contribution in [2.45, 2.75) is 78.4 Å². The van der Waals surface area contributed by atoms with E-state index < -0.39 is 59.9 Å². The summed E-state index contributed by atoms with van der Waals surface area (Å²) in [6.07, 6.45) is -0.794. The van der Waals surface area contributed by atoms with E-state index in [9.17, 15) is 28.8 Å². The first kappa shape index (κ1) is 31.9. The van der Waals surface area contributed by atoms with Gasteiger partial charge in [-0.2, -0.15) is 0 Å². The molecule has 0 saturated carbocycles. The lowest BCUT2D eigenvalue weighted by Gasteiger charge is -2.22. The Labute approximate surface area is 222 Å². The first-order valence-electron chi connectivity index (χ1n) is 12.3. The molecule has 1 aromatic rings. The standard InChI is InChI=1S/C25H38N6O7/c1-7-26-20(32)14(2)27-21(33)15(3)28-22(34)16(4)29-23(35)17(5)30-24(36)18(6)31-25(37)38-13-19-11-9-8-10-12-19/h8-12,14-18H,7,13H2,1-6H3,(H,26,32)(H,27,33)(H,28,34)(H,29,35)(H,30,36)(H,31,37)/t14-,15-,16-,17-,18-/m0/s1. The number of ether oxygens (including phenoxy) is 1. The van der Waals surface area contributed by atoms with Crippen molar-refractivity contribution in [3.8, 4) is 0 Å². The monoisotopic (exact) mass is 534 g/mol. The summed E-state index contributed by atoms with van der Waals surface area (Å²) in [4.78, 5) is 73.2. The highest BCUT2D eigenvalue weighted by Crippen LogP contribution is 2.01. The third-order valence-electron chi connectivity index (χ3n) is 5.30. The normalized spacial score (nSPS) is 14.4. The molecular formula is C25H38N6O7. The number of amides is 6. The van der Waals surface area contributed by atoms with Crippen molar-refractivity contribution in [3.63, 3.8) is 0 Å². The third kappa shape index (κ3) is 11.3. The maximum absolute atomic E-state index is 12.5. The van der Waals surface area contributed by atoms with Gasteiger partial charge in [-0.05, 0) is 47.1 Å². The second-order valence-corrected chi connectivity index (χ2v) is 8.74. The lowest BCUT2D eigenvalue weighted by atomic mass is 10.2.